The van der Waals surface area contributed by atoms with Gasteiger partial charge in [0.15, 0.2) is 23.0 Å². The number of carboxylic acid groups (broad SMARTS) is 1. The number of fused-ring (bicyclic) bond motifs is 3. The number of carbonyl (C=O) groups is 2. The number of carboxylic acids is 1. The number of para-hydroxylation sites is 1. The maximum absolute atomic E-state index is 13.6. The zero-order valence-corrected chi connectivity index (χ0v) is 16.0. The SMILES string of the molecule is O=C(O)CC(CP1(=O)Oc2ccccc2-c2ccccc21)C(=O)OI. The first-order chi connectivity index (χ1) is 11.9. The quantitative estimate of drug-likeness (QED) is 0.528. The molecule has 0 spiro atoms. The first kappa shape index (κ1) is 17.9. The maximum Gasteiger partial charge on any atom is 0.319 e. The normalized spacial score (nSPS) is 19.1. The van der Waals surface area contributed by atoms with E-state index in [-0.39, 0.29) is 6.16 Å². The smallest absolute Gasteiger partial charge is 0.319 e. The highest BCUT2D eigenvalue weighted by Crippen LogP contribution is 2.55. The number of hydrogen-bond donors (Lipinski definition) is 1. The zero-order valence-electron chi connectivity index (χ0n) is 12.9. The third kappa shape index (κ3) is 3.57. The minimum absolute atomic E-state index is 0.230. The summed E-state index contributed by atoms with van der Waals surface area (Å²) in [5.74, 6) is -2.48. The molecule has 25 heavy (non-hydrogen) atoms. The van der Waals surface area contributed by atoms with Crippen molar-refractivity contribution < 1.29 is 26.9 Å². The van der Waals surface area contributed by atoms with E-state index in [0.717, 1.165) is 11.1 Å². The van der Waals surface area contributed by atoms with E-state index in [1.165, 1.54) is 23.0 Å². The second-order valence-corrected chi connectivity index (χ2v) is 8.47. The summed E-state index contributed by atoms with van der Waals surface area (Å²) in [5.41, 5.74) is 1.58. The summed E-state index contributed by atoms with van der Waals surface area (Å²) in [6.45, 7) is 0. The number of hydrogen-bond acceptors (Lipinski definition) is 5. The lowest BCUT2D eigenvalue weighted by molar-refractivity contribution is -0.144. The summed E-state index contributed by atoms with van der Waals surface area (Å²) in [6, 6.07) is 14.3. The van der Waals surface area contributed by atoms with E-state index in [0.29, 0.717) is 11.1 Å². The van der Waals surface area contributed by atoms with E-state index in [1.54, 1.807) is 24.3 Å². The molecule has 0 fully saturated rings. The Balaban J connectivity index is 2.05. The molecule has 0 amide bonds. The average molecular weight is 472 g/mol. The number of rotatable bonds is 5. The second kappa shape index (κ2) is 7.17. The van der Waals surface area contributed by atoms with Gasteiger partial charge in [-0.1, -0.05) is 36.4 Å². The third-order valence-corrected chi connectivity index (χ3v) is 6.96. The zero-order chi connectivity index (χ0) is 18.0. The van der Waals surface area contributed by atoms with E-state index < -0.39 is 31.6 Å². The number of carbonyl (C=O) groups excluding carboxylic acids is 1. The van der Waals surface area contributed by atoms with Gasteiger partial charge in [0.25, 0.3) is 7.37 Å². The summed E-state index contributed by atoms with van der Waals surface area (Å²) in [5, 5.41) is 9.55. The molecule has 1 N–H and O–H groups in total. The van der Waals surface area contributed by atoms with Gasteiger partial charge in [-0.3, -0.25) is 14.2 Å². The van der Waals surface area contributed by atoms with Crippen molar-refractivity contribution in [3.63, 3.8) is 0 Å². The topological polar surface area (TPSA) is 89.9 Å². The highest BCUT2D eigenvalue weighted by atomic mass is 127. The molecule has 1 aliphatic heterocycles. The van der Waals surface area contributed by atoms with Gasteiger partial charge in [0, 0.05) is 5.56 Å². The molecule has 0 saturated heterocycles. The summed E-state index contributed by atoms with van der Waals surface area (Å²) in [4.78, 5) is 23.0. The van der Waals surface area contributed by atoms with Crippen LogP contribution < -0.4 is 9.83 Å². The van der Waals surface area contributed by atoms with Crippen molar-refractivity contribution in [1.82, 2.24) is 0 Å². The van der Waals surface area contributed by atoms with Crippen molar-refractivity contribution in [3.8, 4) is 16.9 Å². The fraction of sp³-hybridized carbons (Fsp3) is 0.176. The Morgan fingerprint density at radius 3 is 2.44 bits per heavy atom. The van der Waals surface area contributed by atoms with Crippen LogP contribution in [0.15, 0.2) is 48.5 Å². The summed E-state index contributed by atoms with van der Waals surface area (Å²) in [7, 11) is -3.48. The summed E-state index contributed by atoms with van der Waals surface area (Å²) < 4.78 is 24.1. The largest absolute Gasteiger partial charge is 0.481 e. The van der Waals surface area contributed by atoms with E-state index in [2.05, 4.69) is 3.07 Å². The van der Waals surface area contributed by atoms with Crippen LogP contribution in [0.25, 0.3) is 11.1 Å². The Labute approximate surface area is 158 Å². The molecular weight excluding hydrogens is 458 g/mol. The van der Waals surface area contributed by atoms with Gasteiger partial charge in [0.2, 0.25) is 0 Å². The van der Waals surface area contributed by atoms with Crippen molar-refractivity contribution in [2.45, 2.75) is 6.42 Å². The van der Waals surface area contributed by atoms with E-state index in [1.807, 2.05) is 24.3 Å². The molecule has 0 bridgehead atoms. The molecule has 0 saturated carbocycles. The molecule has 1 aliphatic rings. The molecule has 0 aliphatic carbocycles. The van der Waals surface area contributed by atoms with Crippen molar-refractivity contribution in [3.05, 3.63) is 48.5 Å². The monoisotopic (exact) mass is 472 g/mol. The Morgan fingerprint density at radius 2 is 1.76 bits per heavy atom. The van der Waals surface area contributed by atoms with Gasteiger partial charge in [-0.05, 0) is 17.7 Å². The Bertz CT molecular complexity index is 881. The van der Waals surface area contributed by atoms with Crippen molar-refractivity contribution >= 4 is 47.6 Å². The molecule has 8 heteroatoms. The van der Waals surface area contributed by atoms with Gasteiger partial charge in [0.05, 0.1) is 23.8 Å². The van der Waals surface area contributed by atoms with Gasteiger partial charge >= 0.3 is 11.9 Å². The van der Waals surface area contributed by atoms with Crippen LogP contribution >= 0.6 is 30.4 Å². The molecule has 130 valence electrons. The summed E-state index contributed by atoms with van der Waals surface area (Å²) >= 11 is 1.40. The van der Waals surface area contributed by atoms with Crippen molar-refractivity contribution in [2.75, 3.05) is 6.16 Å². The lowest BCUT2D eigenvalue weighted by atomic mass is 10.0. The molecule has 0 aromatic heterocycles. The molecule has 2 aromatic carbocycles. The van der Waals surface area contributed by atoms with Crippen LogP contribution in [0.1, 0.15) is 6.42 Å². The van der Waals surface area contributed by atoms with Crippen molar-refractivity contribution in [2.24, 2.45) is 5.92 Å². The lowest BCUT2D eigenvalue weighted by Crippen LogP contribution is -2.28. The van der Waals surface area contributed by atoms with E-state index in [9.17, 15) is 14.2 Å². The Morgan fingerprint density at radius 1 is 1.12 bits per heavy atom. The molecule has 0 radical (unpaired) electrons. The van der Waals surface area contributed by atoms with E-state index in [4.69, 9.17) is 9.63 Å². The van der Waals surface area contributed by atoms with Crippen LogP contribution in [0.5, 0.6) is 5.75 Å². The molecule has 2 unspecified atom stereocenters. The molecule has 2 aromatic rings. The number of aliphatic carboxylic acids is 1. The van der Waals surface area contributed by atoms with Crippen LogP contribution in [0.2, 0.25) is 0 Å². The molecule has 1 heterocycles. The minimum Gasteiger partial charge on any atom is -0.481 e. The first-order valence-corrected chi connectivity index (χ1v) is 10.2. The molecule has 6 nitrogen and oxygen atoms in total. The van der Waals surface area contributed by atoms with Crippen LogP contribution in [0.3, 0.4) is 0 Å². The standard InChI is InChI=1S/C17H14IO6P/c18-23-17(21)11(9-16(19)20)10-25(22)15-8-4-2-6-13(15)12-5-1-3-7-14(12)24-25/h1-8,11H,9-10H2,(H,19,20). The van der Waals surface area contributed by atoms with Crippen molar-refractivity contribution in [1.29, 1.82) is 0 Å². The lowest BCUT2D eigenvalue weighted by Gasteiger charge is -2.30. The van der Waals surface area contributed by atoms with E-state index >= 15 is 0 Å². The van der Waals surface area contributed by atoms with Gasteiger partial charge < -0.3 is 12.7 Å². The van der Waals surface area contributed by atoms with Gasteiger partial charge in [-0.15, -0.1) is 0 Å². The number of benzene rings is 2. The first-order valence-electron chi connectivity index (χ1n) is 7.46. The predicted octanol–water partition coefficient (Wildman–Crippen LogP) is 3.63. The van der Waals surface area contributed by atoms with Crippen LogP contribution in [-0.4, -0.2) is 23.2 Å². The fourth-order valence-corrected chi connectivity index (χ4v) is 5.84. The summed E-state index contributed by atoms with van der Waals surface area (Å²) in [6.07, 6.45) is -0.703. The Hall–Kier alpha value is -1.86. The van der Waals surface area contributed by atoms with Crippen LogP contribution in [0, 0.1) is 5.92 Å². The highest BCUT2D eigenvalue weighted by molar-refractivity contribution is 14.1. The maximum atomic E-state index is 13.6. The number of halogens is 1. The van der Waals surface area contributed by atoms with Gasteiger partial charge in [-0.25, -0.2) is 0 Å². The third-order valence-electron chi connectivity index (χ3n) is 3.99. The highest BCUT2D eigenvalue weighted by Gasteiger charge is 2.40. The minimum atomic E-state index is -3.48. The van der Waals surface area contributed by atoms with Crippen LogP contribution in [-0.2, 0) is 17.2 Å². The van der Waals surface area contributed by atoms with Gasteiger partial charge in [-0.2, -0.15) is 0 Å². The van der Waals surface area contributed by atoms with Gasteiger partial charge in [0.1, 0.15) is 5.75 Å². The average Bonchev–Trinajstić information content (AvgIpc) is 2.60. The molecule has 3 rings (SSSR count). The van der Waals surface area contributed by atoms with Crippen LogP contribution in [0.4, 0.5) is 0 Å². The fourth-order valence-electron chi connectivity index (χ4n) is 2.90. The Kier molecular flexibility index (Phi) is 5.15. The molecular formula is C17H14IO6P. The second-order valence-electron chi connectivity index (χ2n) is 5.65. The molecule has 2 atom stereocenters. The predicted molar refractivity (Wildman–Crippen MR) is 100 cm³/mol.